The van der Waals surface area contributed by atoms with Gasteiger partial charge in [0.25, 0.3) is 0 Å². The summed E-state index contributed by atoms with van der Waals surface area (Å²) in [6.45, 7) is 1.61. The summed E-state index contributed by atoms with van der Waals surface area (Å²) >= 11 is 0. The molecule has 3 aromatic rings. The second-order valence-corrected chi connectivity index (χ2v) is 7.87. The number of rotatable bonds is 2. The van der Waals surface area contributed by atoms with Crippen LogP contribution in [0.2, 0.25) is 0 Å². The van der Waals surface area contributed by atoms with Crippen LogP contribution < -0.4 is 10.5 Å². The molecule has 1 aromatic heterocycles. The summed E-state index contributed by atoms with van der Waals surface area (Å²) in [5, 5.41) is 0. The topological polar surface area (TPSA) is 73.5 Å². The first-order valence-electron chi connectivity index (χ1n) is 10.1. The molecule has 3 amide bonds. The van der Waals surface area contributed by atoms with Crippen molar-refractivity contribution in [1.82, 2.24) is 9.88 Å². The number of hydrogen-bond donors (Lipinski definition) is 1. The van der Waals surface area contributed by atoms with Gasteiger partial charge in [-0.3, -0.25) is 9.59 Å². The zero-order valence-electron chi connectivity index (χ0n) is 17.9. The monoisotopic (exact) mass is 447 g/mol. The fraction of sp³-hybridized carbons (Fsp3) is 0.160. The number of nitrogens with zero attached hydrogens (tertiary/aromatic N) is 2. The lowest BCUT2D eigenvalue weighted by molar-refractivity contribution is -0.122. The van der Waals surface area contributed by atoms with Crippen LogP contribution in [-0.2, 0) is 10.3 Å². The summed E-state index contributed by atoms with van der Waals surface area (Å²) in [6.07, 6.45) is 1.14. The van der Waals surface area contributed by atoms with E-state index >= 15 is 0 Å². The molecule has 1 saturated heterocycles. The van der Waals surface area contributed by atoms with E-state index in [2.05, 4.69) is 16.8 Å². The van der Waals surface area contributed by atoms with E-state index in [4.69, 9.17) is 0 Å². The maximum atomic E-state index is 14.9. The van der Waals surface area contributed by atoms with Crippen molar-refractivity contribution in [3.05, 3.63) is 99.5 Å². The average molecular weight is 447 g/mol. The minimum absolute atomic E-state index is 0.0659. The zero-order chi connectivity index (χ0) is 23.8. The number of urea groups is 1. The highest BCUT2D eigenvalue weighted by atomic mass is 19.1. The van der Waals surface area contributed by atoms with Crippen molar-refractivity contribution in [2.75, 3.05) is 11.9 Å². The molecule has 0 bridgehead atoms. The third kappa shape index (κ3) is 4.01. The van der Waals surface area contributed by atoms with Crippen LogP contribution >= 0.6 is 0 Å². The van der Waals surface area contributed by atoms with E-state index in [1.54, 1.807) is 37.3 Å². The lowest BCUT2D eigenvalue weighted by Crippen LogP contribution is -2.60. The van der Waals surface area contributed by atoms with Crippen molar-refractivity contribution >= 4 is 17.6 Å². The first kappa shape index (κ1) is 22.0. The molecular formula is C25H19F2N3O3. The van der Waals surface area contributed by atoms with E-state index in [1.807, 2.05) is 6.07 Å². The Bertz CT molecular complexity index is 1350. The van der Waals surface area contributed by atoms with Gasteiger partial charge in [0.1, 0.15) is 5.69 Å². The van der Waals surface area contributed by atoms with Gasteiger partial charge in [-0.2, -0.15) is 0 Å². The Morgan fingerprint density at radius 2 is 1.58 bits per heavy atom. The predicted octanol–water partition coefficient (Wildman–Crippen LogP) is 3.76. The molecule has 0 radical (unpaired) electrons. The number of amides is 3. The quantitative estimate of drug-likeness (QED) is 0.608. The Hall–Kier alpha value is -4.25. The standard InChI is InChI=1S/C25H19F2N3O3/c1-25(18-10-11-28-21(31)14-18)15-22(32)30(24(33)29(25)2)23-19(26)12-17(13-20(23)27)9-8-16-6-4-3-5-7-16/h3-7,10-14H,15H2,1-2H3,(H,28,31)/t25-/m0/s1. The molecule has 33 heavy (non-hydrogen) atoms. The lowest BCUT2D eigenvalue weighted by atomic mass is 9.85. The number of aromatic amines is 1. The Labute approximate surface area is 188 Å². The number of halogens is 2. The summed E-state index contributed by atoms with van der Waals surface area (Å²) in [4.78, 5) is 42.0. The van der Waals surface area contributed by atoms with Crippen LogP contribution in [-0.4, -0.2) is 28.9 Å². The van der Waals surface area contributed by atoms with Gasteiger partial charge in [0.15, 0.2) is 11.6 Å². The van der Waals surface area contributed by atoms with Gasteiger partial charge in [-0.25, -0.2) is 18.5 Å². The number of hydrogen-bond acceptors (Lipinski definition) is 3. The van der Waals surface area contributed by atoms with Gasteiger partial charge in [-0.05, 0) is 42.8 Å². The van der Waals surface area contributed by atoms with Gasteiger partial charge in [0.05, 0.1) is 12.0 Å². The summed E-state index contributed by atoms with van der Waals surface area (Å²) in [5.41, 5.74) is -1.14. The Balaban J connectivity index is 1.69. The Morgan fingerprint density at radius 1 is 0.939 bits per heavy atom. The van der Waals surface area contributed by atoms with E-state index in [9.17, 15) is 23.2 Å². The largest absolute Gasteiger partial charge is 0.332 e. The molecule has 2 heterocycles. The SMILES string of the molecule is CN1C(=O)N(c2c(F)cc(C#Cc3ccccc3)cc2F)C(=O)C[C@@]1(C)c1cc[nH]c(=O)c1. The minimum Gasteiger partial charge on any atom is -0.329 e. The molecule has 0 unspecified atom stereocenters. The molecule has 6 nitrogen and oxygen atoms in total. The van der Waals surface area contributed by atoms with Gasteiger partial charge in [0, 0.05) is 30.4 Å². The second-order valence-electron chi connectivity index (χ2n) is 7.87. The maximum Gasteiger partial charge on any atom is 0.332 e. The summed E-state index contributed by atoms with van der Waals surface area (Å²) in [5.74, 6) is 2.54. The molecule has 1 N–H and O–H groups in total. The maximum absolute atomic E-state index is 14.9. The fourth-order valence-corrected chi connectivity index (χ4v) is 3.77. The van der Waals surface area contributed by atoms with E-state index in [1.165, 1.54) is 24.2 Å². The summed E-state index contributed by atoms with van der Waals surface area (Å²) in [6, 6.07) is 12.8. The Morgan fingerprint density at radius 3 is 2.21 bits per heavy atom. The van der Waals surface area contributed by atoms with Crippen LogP contribution in [0.4, 0.5) is 19.3 Å². The van der Waals surface area contributed by atoms with Crippen molar-refractivity contribution in [3.63, 3.8) is 0 Å². The average Bonchev–Trinajstić information content (AvgIpc) is 2.78. The number of H-pyrrole nitrogens is 1. The van der Waals surface area contributed by atoms with Crippen LogP contribution in [0.5, 0.6) is 0 Å². The molecular weight excluding hydrogens is 428 g/mol. The number of aromatic nitrogens is 1. The number of carbonyl (C=O) groups is 2. The number of nitrogens with one attached hydrogen (secondary N) is 1. The second kappa shape index (κ2) is 8.36. The van der Waals surface area contributed by atoms with Crippen LogP contribution in [0.15, 0.2) is 65.6 Å². The van der Waals surface area contributed by atoms with Gasteiger partial charge in [-0.1, -0.05) is 30.0 Å². The van der Waals surface area contributed by atoms with Crippen LogP contribution in [0, 0.1) is 23.5 Å². The van der Waals surface area contributed by atoms with E-state index in [0.29, 0.717) is 16.0 Å². The molecule has 1 aliphatic heterocycles. The van der Waals surface area contributed by atoms with Crippen molar-refractivity contribution in [2.45, 2.75) is 18.9 Å². The molecule has 0 saturated carbocycles. The number of imide groups is 1. The van der Waals surface area contributed by atoms with E-state index in [0.717, 1.165) is 12.1 Å². The highest BCUT2D eigenvalue weighted by Gasteiger charge is 2.47. The van der Waals surface area contributed by atoms with Gasteiger partial charge in [0.2, 0.25) is 11.5 Å². The third-order valence-electron chi connectivity index (χ3n) is 5.73. The number of pyridine rings is 1. The smallest absolute Gasteiger partial charge is 0.329 e. The van der Waals surface area contributed by atoms with Gasteiger partial charge >= 0.3 is 6.03 Å². The molecule has 1 aliphatic rings. The molecule has 1 atom stereocenters. The molecule has 0 aliphatic carbocycles. The molecule has 0 spiro atoms. The van der Waals surface area contributed by atoms with E-state index in [-0.39, 0.29) is 12.0 Å². The molecule has 4 rings (SSSR count). The van der Waals surface area contributed by atoms with Crippen molar-refractivity contribution in [2.24, 2.45) is 0 Å². The lowest BCUT2D eigenvalue weighted by Gasteiger charge is -2.45. The first-order valence-corrected chi connectivity index (χ1v) is 10.1. The highest BCUT2D eigenvalue weighted by Crippen LogP contribution is 2.38. The van der Waals surface area contributed by atoms with Crippen LogP contribution in [0.1, 0.15) is 30.0 Å². The molecule has 1 fully saturated rings. The fourth-order valence-electron chi connectivity index (χ4n) is 3.77. The number of benzene rings is 2. The van der Waals surface area contributed by atoms with Gasteiger partial charge < -0.3 is 9.88 Å². The Kier molecular flexibility index (Phi) is 5.56. The molecule has 166 valence electrons. The summed E-state index contributed by atoms with van der Waals surface area (Å²) in [7, 11) is 1.42. The zero-order valence-corrected chi connectivity index (χ0v) is 17.9. The van der Waals surface area contributed by atoms with Crippen LogP contribution in [0.3, 0.4) is 0 Å². The van der Waals surface area contributed by atoms with Crippen molar-refractivity contribution in [3.8, 4) is 11.8 Å². The normalized spacial score (nSPS) is 18.2. The first-order chi connectivity index (χ1) is 15.7. The van der Waals surface area contributed by atoms with E-state index < -0.39 is 40.4 Å². The van der Waals surface area contributed by atoms with Gasteiger partial charge in [-0.15, -0.1) is 0 Å². The van der Waals surface area contributed by atoms with Crippen LogP contribution in [0.25, 0.3) is 0 Å². The number of anilines is 1. The molecule has 2 aromatic carbocycles. The number of carbonyl (C=O) groups excluding carboxylic acids is 2. The molecule has 8 heteroatoms. The minimum atomic E-state index is -1.16. The van der Waals surface area contributed by atoms with Crippen molar-refractivity contribution < 1.29 is 18.4 Å². The summed E-state index contributed by atoms with van der Waals surface area (Å²) < 4.78 is 29.9. The van der Waals surface area contributed by atoms with Crippen molar-refractivity contribution in [1.29, 1.82) is 0 Å². The predicted molar refractivity (Wildman–Crippen MR) is 118 cm³/mol. The highest BCUT2D eigenvalue weighted by molar-refractivity contribution is 6.16. The third-order valence-corrected chi connectivity index (χ3v) is 5.73.